The Morgan fingerprint density at radius 2 is 2.30 bits per heavy atom. The molecule has 23 heavy (non-hydrogen) atoms. The van der Waals surface area contributed by atoms with Crippen molar-refractivity contribution in [3.8, 4) is 6.01 Å². The van der Waals surface area contributed by atoms with Gasteiger partial charge in [-0.3, -0.25) is 5.32 Å². The zero-order valence-corrected chi connectivity index (χ0v) is 13.2. The average molecular weight is 350 g/mol. The van der Waals surface area contributed by atoms with Crippen molar-refractivity contribution in [3.63, 3.8) is 0 Å². The second-order valence-corrected chi connectivity index (χ2v) is 6.68. The standard InChI is InChI=1S/C13H17F3N4O2S/c1-8-6-9(3-5-23-8)18-11(21)19-10-2-4-17-12(20-10)22-7-13(14,15)16/h2,4,8-9H,3,5-7H2,1H3,(H2,17,18,19,20,21). The van der Waals surface area contributed by atoms with E-state index >= 15 is 0 Å². The highest BCUT2D eigenvalue weighted by atomic mass is 32.2. The van der Waals surface area contributed by atoms with E-state index in [1.807, 2.05) is 11.8 Å². The minimum absolute atomic E-state index is 0.0768. The molecule has 0 saturated carbocycles. The van der Waals surface area contributed by atoms with Gasteiger partial charge in [0, 0.05) is 17.5 Å². The Bertz CT molecular complexity index is 544. The number of amides is 2. The Morgan fingerprint density at radius 1 is 1.52 bits per heavy atom. The summed E-state index contributed by atoms with van der Waals surface area (Å²) < 4.78 is 40.7. The van der Waals surface area contributed by atoms with E-state index in [0.29, 0.717) is 5.25 Å². The summed E-state index contributed by atoms with van der Waals surface area (Å²) in [6, 6.07) is 0.561. The van der Waals surface area contributed by atoms with Crippen molar-refractivity contribution in [1.82, 2.24) is 15.3 Å². The van der Waals surface area contributed by atoms with Gasteiger partial charge in [-0.05, 0) is 24.7 Å². The topological polar surface area (TPSA) is 76.1 Å². The lowest BCUT2D eigenvalue weighted by Crippen LogP contribution is -2.41. The number of rotatable bonds is 4. The molecule has 2 atom stereocenters. The van der Waals surface area contributed by atoms with Crippen LogP contribution >= 0.6 is 11.8 Å². The summed E-state index contributed by atoms with van der Waals surface area (Å²) in [4.78, 5) is 19.2. The molecule has 2 unspecified atom stereocenters. The fourth-order valence-corrected chi connectivity index (χ4v) is 3.28. The lowest BCUT2D eigenvalue weighted by atomic mass is 10.1. The highest BCUT2D eigenvalue weighted by molar-refractivity contribution is 7.99. The van der Waals surface area contributed by atoms with Crippen molar-refractivity contribution in [2.24, 2.45) is 0 Å². The molecule has 2 N–H and O–H groups in total. The molecule has 0 bridgehead atoms. The van der Waals surface area contributed by atoms with Gasteiger partial charge in [0.15, 0.2) is 6.61 Å². The molecule has 2 heterocycles. The van der Waals surface area contributed by atoms with Gasteiger partial charge in [0.05, 0.1) is 0 Å². The van der Waals surface area contributed by atoms with Crippen molar-refractivity contribution in [2.45, 2.75) is 37.2 Å². The quantitative estimate of drug-likeness (QED) is 0.873. The maximum Gasteiger partial charge on any atom is 0.422 e. The number of carbonyl (C=O) groups excluding carboxylic acids is 1. The molecule has 1 saturated heterocycles. The van der Waals surface area contributed by atoms with Crippen molar-refractivity contribution < 1.29 is 22.7 Å². The summed E-state index contributed by atoms with van der Waals surface area (Å²) >= 11 is 1.86. The average Bonchev–Trinajstić information content (AvgIpc) is 2.44. The second-order valence-electron chi connectivity index (χ2n) is 5.13. The summed E-state index contributed by atoms with van der Waals surface area (Å²) in [5.74, 6) is 1.06. The number of aromatic nitrogens is 2. The van der Waals surface area contributed by atoms with Crippen LogP contribution in [0.1, 0.15) is 19.8 Å². The summed E-state index contributed by atoms with van der Waals surface area (Å²) in [7, 11) is 0. The first-order valence-corrected chi connectivity index (χ1v) is 8.08. The molecule has 2 rings (SSSR count). The number of alkyl halides is 3. The van der Waals surface area contributed by atoms with Gasteiger partial charge in [-0.25, -0.2) is 9.78 Å². The van der Waals surface area contributed by atoms with E-state index in [-0.39, 0.29) is 11.9 Å². The molecule has 128 valence electrons. The van der Waals surface area contributed by atoms with Crippen LogP contribution in [0, 0.1) is 0 Å². The minimum Gasteiger partial charge on any atom is -0.454 e. The number of hydrogen-bond acceptors (Lipinski definition) is 5. The largest absolute Gasteiger partial charge is 0.454 e. The van der Waals surface area contributed by atoms with Crippen LogP contribution in [0.15, 0.2) is 12.3 Å². The smallest absolute Gasteiger partial charge is 0.422 e. The molecule has 0 aromatic carbocycles. The molecule has 6 nitrogen and oxygen atoms in total. The molecule has 1 fully saturated rings. The first-order chi connectivity index (χ1) is 10.8. The third-order valence-electron chi connectivity index (χ3n) is 3.06. The van der Waals surface area contributed by atoms with Crippen molar-refractivity contribution in [3.05, 3.63) is 12.3 Å². The Kier molecular flexibility index (Phi) is 5.91. The number of nitrogens with zero attached hydrogens (tertiary/aromatic N) is 2. The van der Waals surface area contributed by atoms with E-state index in [0.717, 1.165) is 18.6 Å². The first-order valence-electron chi connectivity index (χ1n) is 7.03. The number of nitrogens with one attached hydrogen (secondary N) is 2. The zero-order chi connectivity index (χ0) is 16.9. The van der Waals surface area contributed by atoms with Gasteiger partial charge in [-0.2, -0.15) is 29.9 Å². The second kappa shape index (κ2) is 7.71. The Balaban J connectivity index is 1.85. The van der Waals surface area contributed by atoms with E-state index in [2.05, 4.69) is 32.3 Å². The molecule has 2 amide bonds. The van der Waals surface area contributed by atoms with Crippen molar-refractivity contribution >= 4 is 23.6 Å². The van der Waals surface area contributed by atoms with Crippen molar-refractivity contribution in [1.29, 1.82) is 0 Å². The fraction of sp³-hybridized carbons (Fsp3) is 0.615. The monoisotopic (exact) mass is 350 g/mol. The van der Waals surface area contributed by atoms with Crippen LogP contribution in [0.3, 0.4) is 0 Å². The Labute approximate surface area is 135 Å². The van der Waals surface area contributed by atoms with Crippen LogP contribution in [-0.2, 0) is 0 Å². The van der Waals surface area contributed by atoms with Crippen LogP contribution in [-0.4, -0.2) is 45.8 Å². The van der Waals surface area contributed by atoms with Gasteiger partial charge >= 0.3 is 18.2 Å². The number of thioether (sulfide) groups is 1. The number of halogens is 3. The summed E-state index contributed by atoms with van der Waals surface area (Å²) in [6.45, 7) is 0.616. The Hall–Kier alpha value is -1.71. The maximum atomic E-state index is 12.1. The molecular weight excluding hydrogens is 333 g/mol. The number of carbonyl (C=O) groups is 1. The van der Waals surface area contributed by atoms with Crippen LogP contribution < -0.4 is 15.4 Å². The fourth-order valence-electron chi connectivity index (χ4n) is 2.09. The minimum atomic E-state index is -4.47. The molecule has 1 aliphatic rings. The predicted molar refractivity (Wildman–Crippen MR) is 80.7 cm³/mol. The lowest BCUT2D eigenvalue weighted by molar-refractivity contribution is -0.154. The molecule has 10 heteroatoms. The molecule has 0 aliphatic carbocycles. The molecular formula is C13H17F3N4O2S. The SMILES string of the molecule is CC1CC(NC(=O)Nc2ccnc(OCC(F)(F)F)n2)CCS1. The summed E-state index contributed by atoms with van der Waals surface area (Å²) in [5.41, 5.74) is 0. The van der Waals surface area contributed by atoms with Gasteiger partial charge in [-0.15, -0.1) is 0 Å². The highest BCUT2D eigenvalue weighted by Gasteiger charge is 2.29. The van der Waals surface area contributed by atoms with Gasteiger partial charge in [0.25, 0.3) is 0 Å². The highest BCUT2D eigenvalue weighted by Crippen LogP contribution is 2.24. The van der Waals surface area contributed by atoms with Crippen LogP contribution in [0.5, 0.6) is 6.01 Å². The van der Waals surface area contributed by atoms with E-state index < -0.39 is 24.8 Å². The number of hydrogen-bond donors (Lipinski definition) is 2. The molecule has 1 aromatic rings. The predicted octanol–water partition coefficient (Wildman–Crippen LogP) is 2.82. The molecule has 1 aromatic heterocycles. The van der Waals surface area contributed by atoms with Crippen LogP contribution in [0.2, 0.25) is 0 Å². The Morgan fingerprint density at radius 3 is 3.00 bits per heavy atom. The number of anilines is 1. The molecule has 0 spiro atoms. The van der Waals surface area contributed by atoms with Gasteiger partial charge in [0.1, 0.15) is 5.82 Å². The molecule has 1 aliphatic heterocycles. The van der Waals surface area contributed by atoms with Crippen molar-refractivity contribution in [2.75, 3.05) is 17.7 Å². The lowest BCUT2D eigenvalue weighted by Gasteiger charge is -2.27. The molecule has 0 radical (unpaired) electrons. The third-order valence-corrected chi connectivity index (χ3v) is 4.29. The number of urea groups is 1. The summed E-state index contributed by atoms with van der Waals surface area (Å²) in [5, 5.41) is 5.78. The summed E-state index contributed by atoms with van der Waals surface area (Å²) in [6.07, 6.45) is -1.50. The maximum absolute atomic E-state index is 12.1. The number of ether oxygens (including phenoxy) is 1. The van der Waals surface area contributed by atoms with E-state index in [9.17, 15) is 18.0 Å². The van der Waals surface area contributed by atoms with E-state index in [4.69, 9.17) is 0 Å². The van der Waals surface area contributed by atoms with Crippen LogP contribution in [0.25, 0.3) is 0 Å². The van der Waals surface area contributed by atoms with E-state index in [1.54, 1.807) is 0 Å². The normalized spacial score (nSPS) is 21.6. The van der Waals surface area contributed by atoms with E-state index in [1.165, 1.54) is 12.3 Å². The van der Waals surface area contributed by atoms with Crippen LogP contribution in [0.4, 0.5) is 23.8 Å². The first kappa shape index (κ1) is 17.6. The van der Waals surface area contributed by atoms with Gasteiger partial charge < -0.3 is 10.1 Å². The zero-order valence-electron chi connectivity index (χ0n) is 12.4. The van der Waals surface area contributed by atoms with Gasteiger partial charge in [-0.1, -0.05) is 6.92 Å². The third kappa shape index (κ3) is 6.51. The van der Waals surface area contributed by atoms with Gasteiger partial charge in [0.2, 0.25) is 0 Å².